The van der Waals surface area contributed by atoms with Crippen LogP contribution in [-0.4, -0.2) is 23.8 Å². The van der Waals surface area contributed by atoms with Gasteiger partial charge in [-0.25, -0.2) is 4.79 Å². The van der Waals surface area contributed by atoms with E-state index in [2.05, 4.69) is 5.32 Å². The van der Waals surface area contributed by atoms with Crippen LogP contribution in [0.25, 0.3) is 11.0 Å². The number of carbonyl (C=O) groups excluding carboxylic acids is 3. The van der Waals surface area contributed by atoms with Crippen molar-refractivity contribution in [3.05, 3.63) is 76.1 Å². The molecule has 0 spiro atoms. The maximum atomic E-state index is 12.3. The number of benzene rings is 2. The maximum absolute atomic E-state index is 12.3. The second-order valence-corrected chi connectivity index (χ2v) is 6.14. The van der Waals surface area contributed by atoms with Crippen molar-refractivity contribution >= 4 is 34.3 Å². The third kappa shape index (κ3) is 4.15. The molecular formula is C21H17NO6. The minimum absolute atomic E-state index is 0.137. The number of amides is 1. The zero-order valence-corrected chi connectivity index (χ0v) is 15.2. The average molecular weight is 379 g/mol. The van der Waals surface area contributed by atoms with Gasteiger partial charge in [0.1, 0.15) is 5.58 Å². The predicted molar refractivity (Wildman–Crippen MR) is 102 cm³/mol. The summed E-state index contributed by atoms with van der Waals surface area (Å²) in [7, 11) is 0. The van der Waals surface area contributed by atoms with Crippen LogP contribution in [0.2, 0.25) is 0 Å². The highest BCUT2D eigenvalue weighted by Crippen LogP contribution is 2.15. The fraction of sp³-hybridized carbons (Fsp3) is 0.143. The number of fused-ring (bicyclic) bond motifs is 1. The molecular weight excluding hydrogens is 362 g/mol. The lowest BCUT2D eigenvalue weighted by Gasteiger charge is -2.13. The SMILES string of the molecule is CC(=O)c1cccc(NC(=O)[C@@H](C)OC(=O)c2cc(=O)c3ccccc3o2)c1. The van der Waals surface area contributed by atoms with Crippen LogP contribution < -0.4 is 10.7 Å². The molecule has 7 nitrogen and oxygen atoms in total. The van der Waals surface area contributed by atoms with Crippen LogP contribution in [0.3, 0.4) is 0 Å². The van der Waals surface area contributed by atoms with Crippen LogP contribution in [0, 0.1) is 0 Å². The molecule has 1 N–H and O–H groups in total. The zero-order valence-electron chi connectivity index (χ0n) is 15.2. The molecule has 28 heavy (non-hydrogen) atoms. The fourth-order valence-electron chi connectivity index (χ4n) is 2.54. The van der Waals surface area contributed by atoms with Crippen molar-refractivity contribution < 1.29 is 23.5 Å². The van der Waals surface area contributed by atoms with Gasteiger partial charge in [-0.1, -0.05) is 24.3 Å². The van der Waals surface area contributed by atoms with E-state index in [-0.39, 0.29) is 22.6 Å². The third-order valence-electron chi connectivity index (χ3n) is 4.03. The fourth-order valence-corrected chi connectivity index (χ4v) is 2.54. The predicted octanol–water partition coefficient (Wildman–Crippen LogP) is 3.18. The Morgan fingerprint density at radius 2 is 1.79 bits per heavy atom. The lowest BCUT2D eigenvalue weighted by Crippen LogP contribution is -2.30. The van der Waals surface area contributed by atoms with E-state index in [4.69, 9.17) is 9.15 Å². The number of anilines is 1. The Morgan fingerprint density at radius 3 is 2.54 bits per heavy atom. The van der Waals surface area contributed by atoms with E-state index >= 15 is 0 Å². The number of para-hydroxylation sites is 1. The molecule has 0 fully saturated rings. The largest absolute Gasteiger partial charge is 0.449 e. The van der Waals surface area contributed by atoms with E-state index < -0.39 is 18.0 Å². The number of hydrogen-bond acceptors (Lipinski definition) is 6. The summed E-state index contributed by atoms with van der Waals surface area (Å²) >= 11 is 0. The Labute approximate surface area is 159 Å². The van der Waals surface area contributed by atoms with Gasteiger partial charge in [-0.05, 0) is 38.1 Å². The van der Waals surface area contributed by atoms with Crippen LogP contribution in [-0.2, 0) is 9.53 Å². The monoisotopic (exact) mass is 379 g/mol. The topological polar surface area (TPSA) is 103 Å². The molecule has 0 aliphatic carbocycles. The van der Waals surface area contributed by atoms with Crippen LogP contribution >= 0.6 is 0 Å². The van der Waals surface area contributed by atoms with Gasteiger partial charge in [0.05, 0.1) is 5.39 Å². The van der Waals surface area contributed by atoms with Crippen molar-refractivity contribution in [2.45, 2.75) is 20.0 Å². The first-order chi connectivity index (χ1) is 13.3. The molecule has 2 aromatic carbocycles. The summed E-state index contributed by atoms with van der Waals surface area (Å²) in [6.07, 6.45) is -1.15. The zero-order chi connectivity index (χ0) is 20.3. The Balaban J connectivity index is 1.72. The Bertz CT molecular complexity index is 1130. The van der Waals surface area contributed by atoms with Crippen molar-refractivity contribution in [2.24, 2.45) is 0 Å². The molecule has 1 aromatic heterocycles. The second-order valence-electron chi connectivity index (χ2n) is 6.14. The maximum Gasteiger partial charge on any atom is 0.375 e. The average Bonchev–Trinajstić information content (AvgIpc) is 2.68. The van der Waals surface area contributed by atoms with Crippen molar-refractivity contribution in [3.63, 3.8) is 0 Å². The van der Waals surface area contributed by atoms with E-state index in [0.717, 1.165) is 6.07 Å². The van der Waals surface area contributed by atoms with Gasteiger partial charge in [-0.15, -0.1) is 0 Å². The lowest BCUT2D eigenvalue weighted by atomic mass is 10.1. The summed E-state index contributed by atoms with van der Waals surface area (Å²) in [6.45, 7) is 2.81. The quantitative estimate of drug-likeness (QED) is 0.539. The molecule has 3 aromatic rings. The molecule has 1 atom stereocenters. The highest BCUT2D eigenvalue weighted by Gasteiger charge is 2.21. The number of ether oxygens (including phenoxy) is 1. The smallest absolute Gasteiger partial charge is 0.375 e. The number of nitrogens with one attached hydrogen (secondary N) is 1. The molecule has 0 bridgehead atoms. The Hall–Kier alpha value is -3.74. The molecule has 0 saturated carbocycles. The van der Waals surface area contributed by atoms with Gasteiger partial charge >= 0.3 is 5.97 Å². The number of carbonyl (C=O) groups is 3. The molecule has 1 amide bonds. The number of hydrogen-bond donors (Lipinski definition) is 1. The summed E-state index contributed by atoms with van der Waals surface area (Å²) in [5.41, 5.74) is 0.713. The summed E-state index contributed by atoms with van der Waals surface area (Å²) in [6, 6.07) is 13.9. The van der Waals surface area contributed by atoms with E-state index in [9.17, 15) is 19.2 Å². The van der Waals surface area contributed by atoms with E-state index in [0.29, 0.717) is 16.6 Å². The number of Topliss-reactive ketones (excluding diaryl/α,β-unsaturated/α-hetero) is 1. The van der Waals surface area contributed by atoms with Gasteiger partial charge in [0, 0.05) is 17.3 Å². The van der Waals surface area contributed by atoms with Gasteiger partial charge < -0.3 is 14.5 Å². The van der Waals surface area contributed by atoms with Crippen molar-refractivity contribution in [2.75, 3.05) is 5.32 Å². The number of rotatable bonds is 5. The highest BCUT2D eigenvalue weighted by molar-refractivity contribution is 5.99. The summed E-state index contributed by atoms with van der Waals surface area (Å²) in [4.78, 5) is 48.0. The molecule has 142 valence electrons. The summed E-state index contributed by atoms with van der Waals surface area (Å²) in [5, 5.41) is 2.92. The summed E-state index contributed by atoms with van der Waals surface area (Å²) in [5.74, 6) is -1.94. The molecule has 0 radical (unpaired) electrons. The molecule has 0 aliphatic rings. The Morgan fingerprint density at radius 1 is 1.04 bits per heavy atom. The minimum atomic E-state index is -1.15. The first kappa shape index (κ1) is 19.0. The van der Waals surface area contributed by atoms with Gasteiger partial charge in [-0.3, -0.25) is 14.4 Å². The van der Waals surface area contributed by atoms with Crippen LogP contribution in [0.1, 0.15) is 34.8 Å². The van der Waals surface area contributed by atoms with E-state index in [1.807, 2.05) is 0 Å². The molecule has 0 saturated heterocycles. The van der Waals surface area contributed by atoms with Gasteiger partial charge in [0.15, 0.2) is 17.3 Å². The van der Waals surface area contributed by atoms with Crippen molar-refractivity contribution in [3.8, 4) is 0 Å². The van der Waals surface area contributed by atoms with Gasteiger partial charge in [0.2, 0.25) is 5.76 Å². The molecule has 7 heteroatoms. The first-order valence-electron chi connectivity index (χ1n) is 8.51. The molecule has 0 unspecified atom stereocenters. The van der Waals surface area contributed by atoms with Gasteiger partial charge in [-0.2, -0.15) is 0 Å². The van der Waals surface area contributed by atoms with Crippen molar-refractivity contribution in [1.29, 1.82) is 0 Å². The van der Waals surface area contributed by atoms with Gasteiger partial charge in [0.25, 0.3) is 5.91 Å². The van der Waals surface area contributed by atoms with Crippen LogP contribution in [0.4, 0.5) is 5.69 Å². The van der Waals surface area contributed by atoms with E-state index in [1.54, 1.807) is 42.5 Å². The standard InChI is InChI=1S/C21H17NO6/c1-12(23)14-6-5-7-15(10-14)22-20(25)13(2)27-21(26)19-11-17(24)16-8-3-4-9-18(16)28-19/h3-11,13H,1-2H3,(H,22,25)/t13-/m1/s1. The molecule has 0 aliphatic heterocycles. The summed E-state index contributed by atoms with van der Waals surface area (Å²) < 4.78 is 10.5. The van der Waals surface area contributed by atoms with E-state index in [1.165, 1.54) is 19.9 Å². The lowest BCUT2D eigenvalue weighted by molar-refractivity contribution is -0.123. The van der Waals surface area contributed by atoms with Crippen LogP contribution in [0.15, 0.2) is 63.8 Å². The number of ketones is 1. The van der Waals surface area contributed by atoms with Crippen molar-refractivity contribution in [1.82, 2.24) is 0 Å². The van der Waals surface area contributed by atoms with Crippen LogP contribution in [0.5, 0.6) is 0 Å². The third-order valence-corrected chi connectivity index (χ3v) is 4.03. The highest BCUT2D eigenvalue weighted by atomic mass is 16.6. The second kappa shape index (κ2) is 7.87. The normalized spacial score (nSPS) is 11.6. The molecule has 3 rings (SSSR count). The number of esters is 1. The molecule has 1 heterocycles. The Kier molecular flexibility index (Phi) is 5.35. The first-order valence-corrected chi connectivity index (χ1v) is 8.51. The minimum Gasteiger partial charge on any atom is -0.449 e.